The lowest BCUT2D eigenvalue weighted by molar-refractivity contribution is -0.136. The van der Waals surface area contributed by atoms with Crippen molar-refractivity contribution in [2.24, 2.45) is 0 Å². The summed E-state index contributed by atoms with van der Waals surface area (Å²) in [6, 6.07) is 4.99. The summed E-state index contributed by atoms with van der Waals surface area (Å²) in [6.45, 7) is 0. The minimum absolute atomic E-state index is 0.0478. The molecule has 6 heteroatoms. The van der Waals surface area contributed by atoms with Crippen molar-refractivity contribution in [1.29, 1.82) is 0 Å². The molecule has 2 rings (SSSR count). The molecule has 0 saturated carbocycles. The topological polar surface area (TPSA) is 32.9 Å². The first-order valence-electron chi connectivity index (χ1n) is 4.28. The fraction of sp³-hybridized carbons (Fsp3) is 0.100. The van der Waals surface area contributed by atoms with Gasteiger partial charge in [0, 0.05) is 5.39 Å². The van der Waals surface area contributed by atoms with Gasteiger partial charge in [-0.2, -0.15) is 13.2 Å². The van der Waals surface area contributed by atoms with Gasteiger partial charge in [0.2, 0.25) is 0 Å². The van der Waals surface area contributed by atoms with Crippen molar-refractivity contribution in [3.05, 3.63) is 35.5 Å². The average molecular weight is 248 g/mol. The lowest BCUT2D eigenvalue weighted by Gasteiger charge is -2.07. The highest BCUT2D eigenvalue weighted by Crippen LogP contribution is 2.34. The molecular formula is C10H5ClF3NO. The number of carbonyl (C=O) groups is 1. The first kappa shape index (κ1) is 11.0. The Morgan fingerprint density at radius 3 is 2.56 bits per heavy atom. The number of hydrogen-bond donors (Lipinski definition) is 1. The van der Waals surface area contributed by atoms with E-state index in [1.54, 1.807) is 0 Å². The van der Waals surface area contributed by atoms with Crippen LogP contribution in [0.5, 0.6) is 0 Å². The number of alkyl halides is 3. The molecule has 1 heterocycles. The second-order valence-corrected chi connectivity index (χ2v) is 3.57. The minimum Gasteiger partial charge on any atom is -0.351 e. The van der Waals surface area contributed by atoms with Crippen LogP contribution in [0.3, 0.4) is 0 Å². The van der Waals surface area contributed by atoms with E-state index in [1.165, 1.54) is 18.2 Å². The van der Waals surface area contributed by atoms with Crippen LogP contribution < -0.4 is 0 Å². The Morgan fingerprint density at radius 1 is 1.31 bits per heavy atom. The zero-order valence-corrected chi connectivity index (χ0v) is 8.49. The average Bonchev–Trinajstić information content (AvgIpc) is 2.58. The van der Waals surface area contributed by atoms with E-state index in [0.717, 1.165) is 6.07 Å². The fourth-order valence-electron chi connectivity index (χ4n) is 1.50. The lowest BCUT2D eigenvalue weighted by atomic mass is 10.1. The molecule has 0 fully saturated rings. The number of rotatable bonds is 1. The van der Waals surface area contributed by atoms with Crippen molar-refractivity contribution in [2.75, 3.05) is 0 Å². The van der Waals surface area contributed by atoms with Gasteiger partial charge in [-0.3, -0.25) is 4.79 Å². The van der Waals surface area contributed by atoms with Gasteiger partial charge >= 0.3 is 6.18 Å². The van der Waals surface area contributed by atoms with Crippen LogP contribution in [0.2, 0.25) is 0 Å². The zero-order valence-electron chi connectivity index (χ0n) is 7.73. The lowest BCUT2D eigenvalue weighted by Crippen LogP contribution is -2.05. The summed E-state index contributed by atoms with van der Waals surface area (Å²) < 4.78 is 37.8. The highest BCUT2D eigenvalue weighted by molar-refractivity contribution is 6.67. The van der Waals surface area contributed by atoms with Crippen molar-refractivity contribution in [1.82, 2.24) is 4.98 Å². The van der Waals surface area contributed by atoms with Crippen LogP contribution in [0.4, 0.5) is 13.2 Å². The molecule has 0 radical (unpaired) electrons. The molecule has 2 aromatic rings. The SMILES string of the molecule is O=C(Cl)c1cc2cccc(C(F)(F)F)c2[nH]1. The van der Waals surface area contributed by atoms with Crippen LogP contribution in [0.15, 0.2) is 24.3 Å². The van der Waals surface area contributed by atoms with Crippen molar-refractivity contribution in [3.63, 3.8) is 0 Å². The number of H-pyrrole nitrogens is 1. The van der Waals surface area contributed by atoms with E-state index in [4.69, 9.17) is 11.6 Å². The standard InChI is InChI=1S/C10H5ClF3NO/c11-9(16)7-4-5-2-1-3-6(8(5)15-7)10(12,13)14/h1-4,15H. The molecule has 1 aromatic heterocycles. The summed E-state index contributed by atoms with van der Waals surface area (Å²) in [5.41, 5.74) is -0.985. The summed E-state index contributed by atoms with van der Waals surface area (Å²) in [6.07, 6.45) is -4.46. The molecule has 0 saturated heterocycles. The first-order valence-corrected chi connectivity index (χ1v) is 4.66. The van der Waals surface area contributed by atoms with Gasteiger partial charge in [-0.05, 0) is 23.7 Å². The Kier molecular flexibility index (Phi) is 2.42. The molecule has 1 N–H and O–H groups in total. The number of halogens is 4. The Morgan fingerprint density at radius 2 is 2.00 bits per heavy atom. The molecule has 0 bridgehead atoms. The van der Waals surface area contributed by atoms with Crippen LogP contribution >= 0.6 is 11.6 Å². The van der Waals surface area contributed by atoms with Crippen LogP contribution in [0, 0.1) is 0 Å². The van der Waals surface area contributed by atoms with Gasteiger partial charge in [0.05, 0.1) is 16.8 Å². The maximum Gasteiger partial charge on any atom is 0.418 e. The fourth-order valence-corrected chi connectivity index (χ4v) is 1.60. The van der Waals surface area contributed by atoms with E-state index in [1.807, 2.05) is 0 Å². The molecule has 1 aromatic carbocycles. The highest BCUT2D eigenvalue weighted by atomic mass is 35.5. The quantitative estimate of drug-likeness (QED) is 0.768. The van der Waals surface area contributed by atoms with Crippen molar-refractivity contribution in [2.45, 2.75) is 6.18 Å². The van der Waals surface area contributed by atoms with E-state index in [2.05, 4.69) is 4.98 Å². The third-order valence-corrected chi connectivity index (χ3v) is 2.38. The van der Waals surface area contributed by atoms with Crippen molar-refractivity contribution in [3.8, 4) is 0 Å². The van der Waals surface area contributed by atoms with E-state index < -0.39 is 17.0 Å². The van der Waals surface area contributed by atoms with E-state index in [-0.39, 0.29) is 11.2 Å². The minimum atomic E-state index is -4.46. The Bertz CT molecular complexity index is 559. The summed E-state index contributed by atoms with van der Waals surface area (Å²) in [4.78, 5) is 13.2. The van der Waals surface area contributed by atoms with Crippen LogP contribution in [-0.4, -0.2) is 10.2 Å². The van der Waals surface area contributed by atoms with Gasteiger partial charge in [-0.1, -0.05) is 12.1 Å². The van der Waals surface area contributed by atoms with Crippen LogP contribution in [0.25, 0.3) is 10.9 Å². The maximum atomic E-state index is 12.6. The monoisotopic (exact) mass is 247 g/mol. The molecule has 16 heavy (non-hydrogen) atoms. The predicted octanol–water partition coefficient (Wildman–Crippen LogP) is 3.57. The number of benzene rings is 1. The number of nitrogens with one attached hydrogen (secondary N) is 1. The van der Waals surface area contributed by atoms with Gasteiger partial charge in [0.1, 0.15) is 0 Å². The third-order valence-electron chi connectivity index (χ3n) is 2.17. The van der Waals surface area contributed by atoms with E-state index in [9.17, 15) is 18.0 Å². The van der Waals surface area contributed by atoms with Gasteiger partial charge in [0.25, 0.3) is 5.24 Å². The van der Waals surface area contributed by atoms with Crippen LogP contribution in [-0.2, 0) is 6.18 Å². The number of hydrogen-bond acceptors (Lipinski definition) is 1. The molecule has 84 valence electrons. The van der Waals surface area contributed by atoms with E-state index in [0.29, 0.717) is 5.39 Å². The number of aromatic amines is 1. The van der Waals surface area contributed by atoms with Crippen molar-refractivity contribution >= 4 is 27.7 Å². The molecule has 0 unspecified atom stereocenters. The second kappa shape index (κ2) is 3.52. The molecular weight excluding hydrogens is 243 g/mol. The van der Waals surface area contributed by atoms with Gasteiger partial charge < -0.3 is 4.98 Å². The molecule has 0 atom stereocenters. The Hall–Kier alpha value is -1.49. The Labute approximate surface area is 93.0 Å². The molecule has 2 nitrogen and oxygen atoms in total. The molecule has 0 aliphatic carbocycles. The summed E-state index contributed by atoms with van der Waals surface area (Å²) in [5, 5.41) is -0.511. The Balaban J connectivity index is 2.73. The number of fused-ring (bicyclic) bond motifs is 1. The smallest absolute Gasteiger partial charge is 0.351 e. The third kappa shape index (κ3) is 1.78. The first-order chi connectivity index (χ1) is 7.39. The number of carbonyl (C=O) groups excluding carboxylic acids is 1. The number of para-hydroxylation sites is 1. The highest BCUT2D eigenvalue weighted by Gasteiger charge is 2.33. The molecule has 0 spiro atoms. The molecule has 0 aliphatic rings. The summed E-state index contributed by atoms with van der Waals surface area (Å²) >= 11 is 5.19. The van der Waals surface area contributed by atoms with Gasteiger partial charge in [-0.25, -0.2) is 0 Å². The van der Waals surface area contributed by atoms with Gasteiger partial charge in [0.15, 0.2) is 0 Å². The van der Waals surface area contributed by atoms with Crippen LogP contribution in [0.1, 0.15) is 16.1 Å². The molecule has 0 aliphatic heterocycles. The normalized spacial score (nSPS) is 12.0. The number of aromatic nitrogens is 1. The van der Waals surface area contributed by atoms with E-state index >= 15 is 0 Å². The maximum absolute atomic E-state index is 12.6. The van der Waals surface area contributed by atoms with Gasteiger partial charge in [-0.15, -0.1) is 0 Å². The second-order valence-electron chi connectivity index (χ2n) is 3.22. The van der Waals surface area contributed by atoms with Crippen molar-refractivity contribution < 1.29 is 18.0 Å². The predicted molar refractivity (Wildman–Crippen MR) is 53.5 cm³/mol. The molecule has 0 amide bonds. The zero-order chi connectivity index (χ0) is 11.9. The summed E-state index contributed by atoms with van der Waals surface area (Å²) in [5.74, 6) is 0. The summed E-state index contributed by atoms with van der Waals surface area (Å²) in [7, 11) is 0. The largest absolute Gasteiger partial charge is 0.418 e.